The summed E-state index contributed by atoms with van der Waals surface area (Å²) in [7, 11) is 0. The van der Waals surface area contributed by atoms with Gasteiger partial charge in [-0.1, -0.05) is 48.5 Å². The van der Waals surface area contributed by atoms with Crippen molar-refractivity contribution in [1.29, 1.82) is 0 Å². The largest absolute Gasteiger partial charge is 0.488 e. The number of ether oxygens (including phenoxy) is 1. The second kappa shape index (κ2) is 10.5. The van der Waals surface area contributed by atoms with Gasteiger partial charge in [0.05, 0.1) is 3.57 Å². The summed E-state index contributed by atoms with van der Waals surface area (Å²) in [6, 6.07) is 22.0. The Morgan fingerprint density at radius 3 is 2.59 bits per heavy atom. The monoisotopic (exact) mass is 567 g/mol. The lowest BCUT2D eigenvalue weighted by Crippen LogP contribution is -2.38. The third-order valence-electron chi connectivity index (χ3n) is 5.07. The molecule has 7 nitrogen and oxygen atoms in total. The lowest BCUT2D eigenvalue weighted by Gasteiger charge is -2.12. The van der Waals surface area contributed by atoms with Gasteiger partial charge in [0.25, 0.3) is 5.91 Å². The highest BCUT2D eigenvalue weighted by atomic mass is 127. The molecule has 2 N–H and O–H groups in total. The lowest BCUT2D eigenvalue weighted by molar-refractivity contribution is -0.127. The maximum atomic E-state index is 12.7. The van der Waals surface area contributed by atoms with Crippen molar-refractivity contribution in [3.8, 4) is 5.75 Å². The molecule has 172 valence electrons. The first-order valence-electron chi connectivity index (χ1n) is 10.6. The Kier molecular flexibility index (Phi) is 7.27. The number of halogens is 1. The number of carbonyl (C=O) groups excluding carboxylic acids is 3. The van der Waals surface area contributed by atoms with Gasteiger partial charge in [0.1, 0.15) is 24.6 Å². The van der Waals surface area contributed by atoms with Crippen molar-refractivity contribution in [2.75, 3.05) is 11.9 Å². The third kappa shape index (κ3) is 5.82. The maximum absolute atomic E-state index is 12.7. The Bertz CT molecular complexity index is 1270. The highest BCUT2D eigenvalue weighted by molar-refractivity contribution is 14.1. The van der Waals surface area contributed by atoms with Gasteiger partial charge in [0, 0.05) is 5.69 Å². The summed E-state index contributed by atoms with van der Waals surface area (Å²) in [5.74, 6) is -0.281. The van der Waals surface area contributed by atoms with Crippen molar-refractivity contribution in [2.24, 2.45) is 0 Å². The van der Waals surface area contributed by atoms with E-state index >= 15 is 0 Å². The topological polar surface area (TPSA) is 87.7 Å². The van der Waals surface area contributed by atoms with E-state index < -0.39 is 17.8 Å². The van der Waals surface area contributed by atoms with E-state index in [1.165, 1.54) is 0 Å². The van der Waals surface area contributed by atoms with Crippen LogP contribution < -0.4 is 15.4 Å². The van der Waals surface area contributed by atoms with Crippen LogP contribution in [0.15, 0.2) is 78.5 Å². The van der Waals surface area contributed by atoms with Gasteiger partial charge >= 0.3 is 6.03 Å². The van der Waals surface area contributed by atoms with Crippen LogP contribution in [0.2, 0.25) is 0 Å². The first-order valence-corrected chi connectivity index (χ1v) is 11.6. The summed E-state index contributed by atoms with van der Waals surface area (Å²) in [6.07, 6.45) is 1.59. The Morgan fingerprint density at radius 1 is 1.06 bits per heavy atom. The molecule has 0 saturated carbocycles. The second-order valence-corrected chi connectivity index (χ2v) is 8.92. The number of urea groups is 1. The van der Waals surface area contributed by atoms with Crippen molar-refractivity contribution in [3.05, 3.63) is 98.8 Å². The molecule has 0 atom stereocenters. The summed E-state index contributed by atoms with van der Waals surface area (Å²) in [5.41, 5.74) is 3.50. The molecule has 8 heteroatoms. The van der Waals surface area contributed by atoms with Gasteiger partial charge in [0.2, 0.25) is 5.91 Å². The number of nitrogens with zero attached hydrogens (tertiary/aromatic N) is 1. The van der Waals surface area contributed by atoms with Crippen molar-refractivity contribution in [1.82, 2.24) is 10.2 Å². The quantitative estimate of drug-likeness (QED) is 0.246. The van der Waals surface area contributed by atoms with Crippen LogP contribution in [0.4, 0.5) is 10.5 Å². The number of nitrogens with one attached hydrogen (secondary N) is 2. The number of hydrogen-bond acceptors (Lipinski definition) is 4. The van der Waals surface area contributed by atoms with Crippen LogP contribution in [0.25, 0.3) is 6.08 Å². The first-order chi connectivity index (χ1) is 16.4. The van der Waals surface area contributed by atoms with Gasteiger partial charge in [-0.05, 0) is 76.5 Å². The predicted molar refractivity (Wildman–Crippen MR) is 138 cm³/mol. The molecule has 0 aliphatic carbocycles. The summed E-state index contributed by atoms with van der Waals surface area (Å²) in [6.45, 7) is 1.98. The van der Waals surface area contributed by atoms with Crippen LogP contribution >= 0.6 is 22.6 Å². The average Bonchev–Trinajstić information content (AvgIpc) is 3.06. The molecule has 4 rings (SSSR count). The SMILES string of the molecule is Cc1cccc(NC(=O)CN2C(=O)N/C(=C/c3ccc(OCc4ccccc4)c(I)c3)C2=O)c1. The highest BCUT2D eigenvalue weighted by Crippen LogP contribution is 2.25. The fourth-order valence-corrected chi connectivity index (χ4v) is 4.10. The summed E-state index contributed by atoms with van der Waals surface area (Å²) >= 11 is 2.17. The molecule has 0 unspecified atom stereocenters. The molecule has 1 heterocycles. The van der Waals surface area contributed by atoms with E-state index in [1.54, 1.807) is 12.1 Å². The van der Waals surface area contributed by atoms with Crippen LogP contribution in [0, 0.1) is 10.5 Å². The molecule has 0 aromatic heterocycles. The predicted octanol–water partition coefficient (Wildman–Crippen LogP) is 4.71. The van der Waals surface area contributed by atoms with Crippen molar-refractivity contribution < 1.29 is 19.1 Å². The average molecular weight is 567 g/mol. The van der Waals surface area contributed by atoms with Gasteiger partial charge < -0.3 is 15.4 Å². The molecule has 3 aromatic rings. The van der Waals surface area contributed by atoms with Crippen LogP contribution in [0.1, 0.15) is 16.7 Å². The smallest absolute Gasteiger partial charge is 0.329 e. The first kappa shape index (κ1) is 23.5. The van der Waals surface area contributed by atoms with E-state index in [2.05, 4.69) is 33.2 Å². The van der Waals surface area contributed by atoms with Crippen LogP contribution in [-0.4, -0.2) is 29.3 Å². The fraction of sp³-hybridized carbons (Fsp3) is 0.115. The number of imide groups is 1. The fourth-order valence-electron chi connectivity index (χ4n) is 3.41. The van der Waals surface area contributed by atoms with Crippen molar-refractivity contribution in [3.63, 3.8) is 0 Å². The molecule has 0 radical (unpaired) electrons. The van der Waals surface area contributed by atoms with Gasteiger partial charge in [-0.2, -0.15) is 0 Å². The van der Waals surface area contributed by atoms with Crippen LogP contribution in [-0.2, 0) is 16.2 Å². The molecule has 1 aliphatic rings. The lowest BCUT2D eigenvalue weighted by atomic mass is 10.2. The van der Waals surface area contributed by atoms with Crippen LogP contribution in [0.5, 0.6) is 5.75 Å². The van der Waals surface area contributed by atoms with Crippen LogP contribution in [0.3, 0.4) is 0 Å². The summed E-state index contributed by atoms with van der Waals surface area (Å²) in [5, 5.41) is 5.25. The van der Waals surface area contributed by atoms with E-state index in [0.717, 1.165) is 30.9 Å². The number of benzene rings is 3. The zero-order valence-electron chi connectivity index (χ0n) is 18.4. The standard InChI is InChI=1S/C26H22IN3O4/c1-17-6-5-9-20(12-17)28-24(31)15-30-25(32)22(29-26(30)33)14-19-10-11-23(21(27)13-19)34-16-18-7-3-2-4-8-18/h2-14H,15-16H2,1H3,(H,28,31)(H,29,33)/b22-14+. The third-order valence-corrected chi connectivity index (χ3v) is 5.91. The molecule has 1 saturated heterocycles. The highest BCUT2D eigenvalue weighted by Gasteiger charge is 2.34. The minimum atomic E-state index is -0.631. The molecule has 0 bridgehead atoms. The van der Waals surface area contributed by atoms with Gasteiger partial charge in [-0.15, -0.1) is 0 Å². The Hall–Kier alpha value is -3.66. The summed E-state index contributed by atoms with van der Waals surface area (Å²) < 4.78 is 6.75. The number of carbonyl (C=O) groups is 3. The van der Waals surface area contributed by atoms with Crippen molar-refractivity contribution in [2.45, 2.75) is 13.5 Å². The minimum Gasteiger partial charge on any atom is -0.488 e. The van der Waals surface area contributed by atoms with E-state index in [1.807, 2.05) is 73.7 Å². The minimum absolute atomic E-state index is 0.113. The molecule has 1 aliphatic heterocycles. The van der Waals surface area contributed by atoms with E-state index in [9.17, 15) is 14.4 Å². The molecular weight excluding hydrogens is 545 g/mol. The van der Waals surface area contributed by atoms with Gasteiger partial charge in [0.15, 0.2) is 0 Å². The number of amides is 4. The zero-order chi connectivity index (χ0) is 24.1. The molecule has 34 heavy (non-hydrogen) atoms. The van der Waals surface area contributed by atoms with Crippen molar-refractivity contribution >= 4 is 52.2 Å². The molecule has 1 fully saturated rings. The van der Waals surface area contributed by atoms with E-state index in [0.29, 0.717) is 12.3 Å². The Labute approximate surface area is 210 Å². The van der Waals surface area contributed by atoms with E-state index in [4.69, 9.17) is 4.74 Å². The number of rotatable bonds is 7. The van der Waals surface area contributed by atoms with E-state index in [-0.39, 0.29) is 12.2 Å². The Balaban J connectivity index is 1.40. The molecule has 3 aromatic carbocycles. The molecule has 0 spiro atoms. The number of anilines is 1. The zero-order valence-corrected chi connectivity index (χ0v) is 20.5. The van der Waals surface area contributed by atoms with Gasteiger partial charge in [-0.25, -0.2) is 9.69 Å². The van der Waals surface area contributed by atoms with Gasteiger partial charge in [-0.3, -0.25) is 9.59 Å². The summed E-state index contributed by atoms with van der Waals surface area (Å²) in [4.78, 5) is 38.3. The maximum Gasteiger partial charge on any atom is 0.329 e. The molecular formula is C26H22IN3O4. The number of hydrogen-bond donors (Lipinski definition) is 2. The number of aryl methyl sites for hydroxylation is 1. The normalized spacial score (nSPS) is 14.3. The molecule has 4 amide bonds. The Morgan fingerprint density at radius 2 is 1.85 bits per heavy atom. The second-order valence-electron chi connectivity index (χ2n) is 7.76.